The van der Waals surface area contributed by atoms with Crippen LogP contribution in [0.5, 0.6) is 0 Å². The highest BCUT2D eigenvalue weighted by molar-refractivity contribution is 7.80. The van der Waals surface area contributed by atoms with E-state index in [1.165, 1.54) is 6.07 Å². The third-order valence-corrected chi connectivity index (χ3v) is 2.66. The molecule has 0 aliphatic rings. The number of carboxylic acid groups (broad SMARTS) is 1. The van der Waals surface area contributed by atoms with Gasteiger partial charge in [0.15, 0.2) is 0 Å². The lowest BCUT2D eigenvalue weighted by Crippen LogP contribution is -2.12. The van der Waals surface area contributed by atoms with Gasteiger partial charge in [-0.1, -0.05) is 11.8 Å². The average molecular weight is 274 g/mol. The summed E-state index contributed by atoms with van der Waals surface area (Å²) in [5, 5.41) is 9.41. The van der Waals surface area contributed by atoms with Gasteiger partial charge in [-0.25, -0.2) is 9.59 Å². The van der Waals surface area contributed by atoms with Crippen LogP contribution in [0.25, 0.3) is 11.0 Å². The highest BCUT2D eigenvalue weighted by Gasteiger charge is 2.11. The molecule has 5 heteroatoms. The van der Waals surface area contributed by atoms with Crippen LogP contribution < -0.4 is 5.63 Å². The molecular formula is C14H10O4S. The van der Waals surface area contributed by atoms with E-state index >= 15 is 0 Å². The maximum absolute atomic E-state index is 11.4. The Morgan fingerprint density at radius 2 is 2.16 bits per heavy atom. The lowest BCUT2D eigenvalue weighted by molar-refractivity contribution is 0.0692. The van der Waals surface area contributed by atoms with E-state index in [0.29, 0.717) is 23.1 Å². The molecule has 1 aromatic carbocycles. The molecule has 0 aliphatic heterocycles. The molecule has 4 nitrogen and oxygen atoms in total. The molecule has 0 aliphatic carbocycles. The fourth-order valence-corrected chi connectivity index (χ4v) is 1.68. The first kappa shape index (κ1) is 13.2. The van der Waals surface area contributed by atoms with Gasteiger partial charge in [0.2, 0.25) is 0 Å². The van der Waals surface area contributed by atoms with Gasteiger partial charge in [0, 0.05) is 23.1 Å². The summed E-state index contributed by atoms with van der Waals surface area (Å²) in [5.74, 6) is 5.24. The van der Waals surface area contributed by atoms with Crippen LogP contribution >= 0.6 is 12.6 Å². The Bertz CT molecular complexity index is 749. The summed E-state index contributed by atoms with van der Waals surface area (Å²) in [7, 11) is 0. The van der Waals surface area contributed by atoms with Crippen LogP contribution in [0.15, 0.2) is 33.5 Å². The number of hydrogen-bond donors (Lipinski definition) is 2. The minimum Gasteiger partial charge on any atom is -0.477 e. The van der Waals surface area contributed by atoms with Crippen molar-refractivity contribution in [3.63, 3.8) is 0 Å². The normalized spacial score (nSPS) is 9.95. The minimum atomic E-state index is -1.30. The van der Waals surface area contributed by atoms with E-state index in [1.54, 1.807) is 18.2 Å². The van der Waals surface area contributed by atoms with Crippen molar-refractivity contribution >= 4 is 29.6 Å². The van der Waals surface area contributed by atoms with E-state index in [-0.39, 0.29) is 5.56 Å². The van der Waals surface area contributed by atoms with Gasteiger partial charge < -0.3 is 9.52 Å². The van der Waals surface area contributed by atoms with Crippen molar-refractivity contribution < 1.29 is 14.3 Å². The van der Waals surface area contributed by atoms with E-state index in [2.05, 4.69) is 24.5 Å². The Morgan fingerprint density at radius 1 is 1.37 bits per heavy atom. The van der Waals surface area contributed by atoms with Crippen LogP contribution in [0, 0.1) is 11.8 Å². The van der Waals surface area contributed by atoms with Gasteiger partial charge in [-0.05, 0) is 24.3 Å². The Labute approximate surface area is 114 Å². The number of carboxylic acids is 1. The number of fused-ring (bicyclic) bond motifs is 1. The molecule has 2 rings (SSSR count). The highest BCUT2D eigenvalue weighted by Crippen LogP contribution is 2.15. The molecule has 0 amide bonds. The van der Waals surface area contributed by atoms with E-state index in [9.17, 15) is 9.59 Å². The average Bonchev–Trinajstić information content (AvgIpc) is 2.38. The van der Waals surface area contributed by atoms with Crippen LogP contribution in [0.4, 0.5) is 0 Å². The zero-order valence-corrected chi connectivity index (χ0v) is 10.7. The van der Waals surface area contributed by atoms with Crippen LogP contribution in [0.1, 0.15) is 22.3 Å². The van der Waals surface area contributed by atoms with Gasteiger partial charge in [0.25, 0.3) is 0 Å². The molecule has 1 aromatic heterocycles. The second-order valence-corrected chi connectivity index (χ2v) is 4.23. The van der Waals surface area contributed by atoms with Crippen molar-refractivity contribution in [2.45, 2.75) is 6.42 Å². The topological polar surface area (TPSA) is 67.5 Å². The number of benzene rings is 1. The summed E-state index contributed by atoms with van der Waals surface area (Å²) in [6.45, 7) is 0. The fraction of sp³-hybridized carbons (Fsp3) is 0.143. The van der Waals surface area contributed by atoms with Gasteiger partial charge >= 0.3 is 11.6 Å². The van der Waals surface area contributed by atoms with Crippen molar-refractivity contribution in [3.05, 3.63) is 45.8 Å². The van der Waals surface area contributed by atoms with Crippen molar-refractivity contribution in [1.82, 2.24) is 0 Å². The predicted octanol–water partition coefficient (Wildman–Crippen LogP) is 2.16. The minimum absolute atomic E-state index is 0.342. The molecule has 0 spiro atoms. The second kappa shape index (κ2) is 5.63. The molecule has 2 aromatic rings. The SMILES string of the molecule is O=C(O)c1cc2cc(C#CCCS)ccc2oc1=O. The van der Waals surface area contributed by atoms with E-state index in [1.807, 2.05) is 0 Å². The quantitative estimate of drug-likeness (QED) is 0.500. The number of carbonyl (C=O) groups is 1. The molecule has 0 saturated carbocycles. The molecule has 19 heavy (non-hydrogen) atoms. The molecule has 1 heterocycles. The summed E-state index contributed by atoms with van der Waals surface area (Å²) in [4.78, 5) is 22.3. The number of thiol groups is 1. The first-order valence-electron chi connectivity index (χ1n) is 5.53. The third-order valence-electron chi connectivity index (χ3n) is 2.43. The summed E-state index contributed by atoms with van der Waals surface area (Å²) < 4.78 is 4.94. The largest absolute Gasteiger partial charge is 0.477 e. The summed E-state index contributed by atoms with van der Waals surface area (Å²) in [6, 6.07) is 6.31. The van der Waals surface area contributed by atoms with Crippen molar-refractivity contribution in [3.8, 4) is 11.8 Å². The Hall–Kier alpha value is -2.19. The van der Waals surface area contributed by atoms with E-state index in [4.69, 9.17) is 9.52 Å². The maximum Gasteiger partial charge on any atom is 0.351 e. The maximum atomic E-state index is 11.4. The number of rotatable bonds is 2. The molecule has 0 fully saturated rings. The van der Waals surface area contributed by atoms with Gasteiger partial charge in [0.05, 0.1) is 0 Å². The van der Waals surface area contributed by atoms with Gasteiger partial charge in [0.1, 0.15) is 11.1 Å². The Balaban J connectivity index is 2.53. The first-order chi connectivity index (χ1) is 9.11. The molecular weight excluding hydrogens is 264 g/mol. The van der Waals surface area contributed by atoms with Gasteiger partial charge in [-0.2, -0.15) is 12.6 Å². The second-order valence-electron chi connectivity index (χ2n) is 3.78. The van der Waals surface area contributed by atoms with Crippen molar-refractivity contribution in [1.29, 1.82) is 0 Å². The van der Waals surface area contributed by atoms with E-state index in [0.717, 1.165) is 5.56 Å². The van der Waals surface area contributed by atoms with Crippen LogP contribution in [0.2, 0.25) is 0 Å². The lowest BCUT2D eigenvalue weighted by atomic mass is 10.1. The third kappa shape index (κ3) is 2.98. The lowest BCUT2D eigenvalue weighted by Gasteiger charge is -1.99. The summed E-state index contributed by atoms with van der Waals surface area (Å²) >= 11 is 4.06. The Morgan fingerprint density at radius 3 is 2.84 bits per heavy atom. The zero-order chi connectivity index (χ0) is 13.8. The van der Waals surface area contributed by atoms with Crippen LogP contribution in [0.3, 0.4) is 0 Å². The van der Waals surface area contributed by atoms with Gasteiger partial charge in [-0.3, -0.25) is 0 Å². The summed E-state index contributed by atoms with van der Waals surface area (Å²) in [5.41, 5.74) is -0.156. The van der Waals surface area contributed by atoms with Crippen molar-refractivity contribution in [2.75, 3.05) is 5.75 Å². The zero-order valence-electron chi connectivity index (χ0n) is 9.84. The monoisotopic (exact) mass is 274 g/mol. The number of hydrogen-bond acceptors (Lipinski definition) is 4. The Kier molecular flexibility index (Phi) is 3.93. The molecule has 0 saturated heterocycles. The molecule has 0 bridgehead atoms. The molecule has 0 atom stereocenters. The molecule has 0 radical (unpaired) electrons. The van der Waals surface area contributed by atoms with E-state index < -0.39 is 11.6 Å². The van der Waals surface area contributed by atoms with Crippen molar-refractivity contribution in [2.24, 2.45) is 0 Å². The molecule has 1 N–H and O–H groups in total. The first-order valence-corrected chi connectivity index (χ1v) is 6.16. The molecule has 96 valence electrons. The smallest absolute Gasteiger partial charge is 0.351 e. The highest BCUT2D eigenvalue weighted by atomic mass is 32.1. The fourth-order valence-electron chi connectivity index (χ4n) is 1.57. The summed E-state index contributed by atoms with van der Waals surface area (Å²) in [6.07, 6.45) is 0.672. The number of aromatic carboxylic acids is 1. The van der Waals surface area contributed by atoms with Gasteiger partial charge in [-0.15, -0.1) is 0 Å². The standard InChI is InChI=1S/C14H10O4S/c15-13(16)11-8-10-7-9(3-1-2-6-19)4-5-12(10)18-14(11)17/h4-5,7-8,19H,2,6H2,(H,15,16). The van der Waals surface area contributed by atoms with Crippen LogP contribution in [-0.2, 0) is 0 Å². The molecule has 0 unspecified atom stereocenters. The predicted molar refractivity (Wildman–Crippen MR) is 74.8 cm³/mol. The van der Waals surface area contributed by atoms with Crippen LogP contribution in [-0.4, -0.2) is 16.8 Å².